The van der Waals surface area contributed by atoms with E-state index in [4.69, 9.17) is 0 Å². The number of carbonyl (C=O) groups excluding carboxylic acids is 1. The number of allylic oxidation sites excluding steroid dienone is 3. The van der Waals surface area contributed by atoms with Gasteiger partial charge in [0.25, 0.3) is 0 Å². The number of aldehydes is 1. The van der Waals surface area contributed by atoms with E-state index in [2.05, 4.69) is 15.5 Å². The second-order valence-corrected chi connectivity index (χ2v) is 6.33. The zero-order valence-corrected chi connectivity index (χ0v) is 15.6. The first-order chi connectivity index (χ1) is 13.4. The van der Waals surface area contributed by atoms with Crippen molar-refractivity contribution in [2.45, 2.75) is 13.8 Å². The molecule has 0 unspecified atom stereocenters. The van der Waals surface area contributed by atoms with Crippen molar-refractivity contribution < 1.29 is 13.6 Å². The monoisotopic (exact) mass is 380 g/mol. The van der Waals surface area contributed by atoms with Crippen LogP contribution in [0.5, 0.6) is 0 Å². The van der Waals surface area contributed by atoms with Gasteiger partial charge in [-0.2, -0.15) is 0 Å². The van der Waals surface area contributed by atoms with Gasteiger partial charge in [-0.3, -0.25) is 4.79 Å². The predicted octanol–water partition coefficient (Wildman–Crippen LogP) is 3.82. The molecule has 2 aromatic carbocycles. The van der Waals surface area contributed by atoms with Crippen LogP contribution in [0.2, 0.25) is 0 Å². The fourth-order valence-corrected chi connectivity index (χ4v) is 3.11. The zero-order chi connectivity index (χ0) is 20.3. The number of nitrogens with zero attached hydrogens (tertiary/aromatic N) is 4. The summed E-state index contributed by atoms with van der Waals surface area (Å²) in [6.07, 6.45) is 3.58. The van der Waals surface area contributed by atoms with Gasteiger partial charge in [0, 0.05) is 18.2 Å². The highest BCUT2D eigenvalue weighted by atomic mass is 19.1. The molecule has 0 bridgehead atoms. The van der Waals surface area contributed by atoms with E-state index in [1.807, 2.05) is 0 Å². The number of rotatable bonds is 5. The number of tetrazole rings is 1. The molecule has 0 amide bonds. The molecule has 0 spiro atoms. The second kappa shape index (κ2) is 8.04. The summed E-state index contributed by atoms with van der Waals surface area (Å²) in [7, 11) is 1.68. The third kappa shape index (κ3) is 3.78. The van der Waals surface area contributed by atoms with Crippen molar-refractivity contribution in [2.75, 3.05) is 0 Å². The summed E-state index contributed by atoms with van der Waals surface area (Å²) in [5, 5.41) is 11.6. The molecule has 0 atom stereocenters. The van der Waals surface area contributed by atoms with Crippen LogP contribution < -0.4 is 0 Å². The smallest absolute Gasteiger partial charge is 0.182 e. The van der Waals surface area contributed by atoms with Crippen LogP contribution in [0.25, 0.3) is 11.1 Å². The Balaban J connectivity index is 2.45. The SMILES string of the molecule is Cc1cc(F)ccc1C(=C(/C=C/C=O)c1nnnn1C)c1ccc(F)cc1C. The van der Waals surface area contributed by atoms with Crippen LogP contribution in [0, 0.1) is 25.5 Å². The Kier molecular flexibility index (Phi) is 5.54. The number of aryl methyl sites for hydroxylation is 3. The normalized spacial score (nSPS) is 11.0. The van der Waals surface area contributed by atoms with E-state index in [9.17, 15) is 13.6 Å². The Labute approximate surface area is 161 Å². The van der Waals surface area contributed by atoms with Crippen LogP contribution in [0.4, 0.5) is 8.78 Å². The second-order valence-electron chi connectivity index (χ2n) is 6.33. The van der Waals surface area contributed by atoms with Crippen molar-refractivity contribution in [1.82, 2.24) is 20.2 Å². The molecule has 0 saturated heterocycles. The van der Waals surface area contributed by atoms with Gasteiger partial charge in [-0.05, 0) is 82.9 Å². The third-order valence-corrected chi connectivity index (χ3v) is 4.39. The van der Waals surface area contributed by atoms with Crippen LogP contribution in [-0.4, -0.2) is 26.5 Å². The van der Waals surface area contributed by atoms with Gasteiger partial charge in [0.15, 0.2) is 5.82 Å². The minimum atomic E-state index is -0.360. The molecule has 0 radical (unpaired) electrons. The summed E-state index contributed by atoms with van der Waals surface area (Å²) in [4.78, 5) is 11.0. The molecule has 0 aliphatic rings. The lowest BCUT2D eigenvalue weighted by molar-refractivity contribution is -0.104. The van der Waals surface area contributed by atoms with Gasteiger partial charge in [-0.25, -0.2) is 13.5 Å². The molecular weight excluding hydrogens is 362 g/mol. The van der Waals surface area contributed by atoms with Crippen molar-refractivity contribution in [1.29, 1.82) is 0 Å². The first-order valence-electron chi connectivity index (χ1n) is 8.54. The third-order valence-electron chi connectivity index (χ3n) is 4.39. The lowest BCUT2D eigenvalue weighted by atomic mass is 9.87. The summed E-state index contributed by atoms with van der Waals surface area (Å²) in [5.41, 5.74) is 4.06. The minimum absolute atomic E-state index is 0.360. The molecule has 28 heavy (non-hydrogen) atoms. The van der Waals surface area contributed by atoms with Crippen LogP contribution >= 0.6 is 0 Å². The lowest BCUT2D eigenvalue weighted by Gasteiger charge is -2.17. The Hall–Kier alpha value is -3.48. The van der Waals surface area contributed by atoms with E-state index in [1.54, 1.807) is 39.1 Å². The highest BCUT2D eigenvalue weighted by molar-refractivity contribution is 6.02. The average molecular weight is 380 g/mol. The molecule has 1 heterocycles. The molecule has 3 aromatic rings. The molecule has 1 aromatic heterocycles. The van der Waals surface area contributed by atoms with Crippen molar-refractivity contribution >= 4 is 17.4 Å². The average Bonchev–Trinajstić information content (AvgIpc) is 3.06. The molecule has 5 nitrogen and oxygen atoms in total. The van der Waals surface area contributed by atoms with Crippen molar-refractivity contribution in [3.8, 4) is 0 Å². The Morgan fingerprint density at radius 1 is 1.00 bits per heavy atom. The van der Waals surface area contributed by atoms with Crippen LogP contribution in [0.15, 0.2) is 48.6 Å². The largest absolute Gasteiger partial charge is 0.299 e. The van der Waals surface area contributed by atoms with Crippen molar-refractivity contribution in [3.63, 3.8) is 0 Å². The van der Waals surface area contributed by atoms with E-state index in [-0.39, 0.29) is 11.6 Å². The van der Waals surface area contributed by atoms with Gasteiger partial charge < -0.3 is 0 Å². The van der Waals surface area contributed by atoms with Gasteiger partial charge in [-0.1, -0.05) is 12.1 Å². The molecule has 0 N–H and O–H groups in total. The number of hydrogen-bond donors (Lipinski definition) is 0. The first-order valence-corrected chi connectivity index (χ1v) is 8.54. The maximum atomic E-state index is 13.7. The maximum Gasteiger partial charge on any atom is 0.182 e. The molecular formula is C21H18F2N4O. The Bertz CT molecular complexity index is 1050. The van der Waals surface area contributed by atoms with Crippen molar-refractivity contribution in [3.05, 3.63) is 88.3 Å². The summed E-state index contributed by atoms with van der Waals surface area (Å²) in [6.45, 7) is 3.57. The molecule has 0 aliphatic heterocycles. The number of aromatic nitrogens is 4. The fraction of sp³-hybridized carbons (Fsp3) is 0.143. The van der Waals surface area contributed by atoms with Gasteiger partial charge in [-0.15, -0.1) is 5.10 Å². The number of halogens is 2. The van der Waals surface area contributed by atoms with E-state index >= 15 is 0 Å². The Morgan fingerprint density at radius 3 is 2.00 bits per heavy atom. The number of carbonyl (C=O) groups is 1. The van der Waals surface area contributed by atoms with E-state index in [0.717, 1.165) is 11.1 Å². The van der Waals surface area contributed by atoms with E-state index in [0.29, 0.717) is 34.4 Å². The molecule has 7 heteroatoms. The van der Waals surface area contributed by atoms with Crippen LogP contribution in [-0.2, 0) is 11.8 Å². The first kappa shape index (κ1) is 19.3. The van der Waals surface area contributed by atoms with Crippen LogP contribution in [0.3, 0.4) is 0 Å². The van der Waals surface area contributed by atoms with E-state index < -0.39 is 0 Å². The minimum Gasteiger partial charge on any atom is -0.299 e. The number of hydrogen-bond acceptors (Lipinski definition) is 4. The summed E-state index contributed by atoms with van der Waals surface area (Å²) < 4.78 is 28.9. The molecule has 0 saturated carbocycles. The number of benzene rings is 2. The fourth-order valence-electron chi connectivity index (χ4n) is 3.11. The molecule has 0 aliphatic carbocycles. The quantitative estimate of drug-likeness (QED) is 0.384. The van der Waals surface area contributed by atoms with Gasteiger partial charge >= 0.3 is 0 Å². The van der Waals surface area contributed by atoms with Gasteiger partial charge in [0.2, 0.25) is 0 Å². The summed E-state index contributed by atoms with van der Waals surface area (Å²) in [5.74, 6) is -0.302. The summed E-state index contributed by atoms with van der Waals surface area (Å²) >= 11 is 0. The van der Waals surface area contributed by atoms with Crippen molar-refractivity contribution in [2.24, 2.45) is 7.05 Å². The van der Waals surface area contributed by atoms with Gasteiger partial charge in [0.05, 0.1) is 0 Å². The molecule has 3 rings (SSSR count). The predicted molar refractivity (Wildman–Crippen MR) is 102 cm³/mol. The molecule has 142 valence electrons. The maximum absolute atomic E-state index is 13.7. The van der Waals surface area contributed by atoms with E-state index in [1.165, 1.54) is 35.0 Å². The standard InChI is InChI=1S/C21H18F2N4O/c1-13-11-15(22)6-8-17(13)20(18-9-7-16(23)12-14(18)2)19(5-4-10-28)21-24-25-26-27(21)3/h4-12H,1-3H3/b5-4+. The van der Waals surface area contributed by atoms with Crippen LogP contribution in [0.1, 0.15) is 28.1 Å². The Morgan fingerprint density at radius 2 is 1.57 bits per heavy atom. The highest BCUT2D eigenvalue weighted by Crippen LogP contribution is 2.36. The lowest BCUT2D eigenvalue weighted by Crippen LogP contribution is -2.04. The van der Waals surface area contributed by atoms with Gasteiger partial charge in [0.1, 0.15) is 17.9 Å². The zero-order valence-electron chi connectivity index (χ0n) is 15.6. The summed E-state index contributed by atoms with van der Waals surface area (Å²) in [6, 6.07) is 8.87. The molecule has 0 fully saturated rings. The highest BCUT2D eigenvalue weighted by Gasteiger charge is 2.20. The topological polar surface area (TPSA) is 60.7 Å².